The molecule has 2 aromatic rings. The minimum atomic E-state index is -3.21. The van der Waals surface area contributed by atoms with Gasteiger partial charge in [0.15, 0.2) is 11.7 Å². The van der Waals surface area contributed by atoms with Gasteiger partial charge in [-0.3, -0.25) is 29.1 Å². The molecule has 0 saturated carbocycles. The Balaban J connectivity index is 1.09. The van der Waals surface area contributed by atoms with Crippen LogP contribution in [0.25, 0.3) is 0 Å². The number of nitrogens with one attached hydrogen (secondary N) is 3. The molecule has 12 unspecified atom stereocenters. The molecule has 4 aliphatic heterocycles. The van der Waals surface area contributed by atoms with E-state index in [-0.39, 0.29) is 65.6 Å². The number of aliphatic hydroxyl groups is 7. The molecule has 12 atom stereocenters. The van der Waals surface area contributed by atoms with Gasteiger partial charge in [-0.05, 0) is 78.4 Å². The van der Waals surface area contributed by atoms with Gasteiger partial charge >= 0.3 is 0 Å². The summed E-state index contributed by atoms with van der Waals surface area (Å²) in [5, 5.41) is 103. The van der Waals surface area contributed by atoms with Crippen molar-refractivity contribution in [3.63, 3.8) is 0 Å². The second kappa shape index (κ2) is 19.6. The molecule has 4 aliphatic carbocycles. The molecule has 1 saturated heterocycles. The quantitative estimate of drug-likeness (QED) is 0.0371. The molecule has 10 rings (SSSR count). The number of nitrogens with zero attached hydrogens (tertiary/aromatic N) is 2. The number of ketones is 2. The molecule has 23 heteroatoms. The van der Waals surface area contributed by atoms with Crippen LogP contribution >= 0.6 is 0 Å². The van der Waals surface area contributed by atoms with Crippen LogP contribution in [0.4, 0.5) is 0 Å². The van der Waals surface area contributed by atoms with Gasteiger partial charge in [0.2, 0.25) is 17.9 Å². The second-order valence-electron chi connectivity index (χ2n) is 20.5. The number of hydrogen-bond donors (Lipinski definition) is 14. The monoisotopic (exact) mass is 1050 g/mol. The topological polar surface area (TPSA) is 388 Å². The molecular formula is C53H62N8O15. The van der Waals surface area contributed by atoms with Crippen molar-refractivity contribution >= 4 is 29.3 Å². The highest BCUT2D eigenvalue weighted by Crippen LogP contribution is 2.67. The zero-order chi connectivity index (χ0) is 54.3. The van der Waals surface area contributed by atoms with Crippen LogP contribution in [0, 0.1) is 23.2 Å². The van der Waals surface area contributed by atoms with E-state index in [2.05, 4.69) is 33.1 Å². The SMILES string of the molecule is CN=C(N)NC1CC2C=CC3(C4=CNC(N)C=C4)C(CCO)CCc4c5c(c(O)c1c4C23)C(=O)c1c(OC2OC(O)(CO)C(O)(CC(CN3C(=O)C=CC3=O)C3=CCNC(N)=C3)C(O)C2O)cc(OC)c(CO)c1C5=O. The Kier molecular flexibility index (Phi) is 13.5. The summed E-state index contributed by atoms with van der Waals surface area (Å²) >= 11 is 0. The van der Waals surface area contributed by atoms with Gasteiger partial charge in [0.05, 0.1) is 42.9 Å². The largest absolute Gasteiger partial charge is 0.507 e. The average Bonchev–Trinajstić information content (AvgIpc) is 4.11. The van der Waals surface area contributed by atoms with Crippen molar-refractivity contribution in [1.82, 2.24) is 20.9 Å². The number of imide groups is 1. The third-order valence-corrected chi connectivity index (χ3v) is 16.7. The summed E-state index contributed by atoms with van der Waals surface area (Å²) in [6.07, 6.45) is 8.09. The van der Waals surface area contributed by atoms with Crippen molar-refractivity contribution in [2.75, 3.05) is 40.5 Å². The van der Waals surface area contributed by atoms with E-state index in [1.54, 1.807) is 6.08 Å². The van der Waals surface area contributed by atoms with Gasteiger partial charge in [-0.1, -0.05) is 24.3 Å². The van der Waals surface area contributed by atoms with Gasteiger partial charge in [0.1, 0.15) is 41.7 Å². The molecular weight excluding hydrogens is 989 g/mol. The van der Waals surface area contributed by atoms with Crippen LogP contribution in [-0.2, 0) is 27.4 Å². The number of rotatable bonds is 14. The van der Waals surface area contributed by atoms with Crippen molar-refractivity contribution in [1.29, 1.82) is 0 Å². The number of dihydropyridines is 2. The van der Waals surface area contributed by atoms with Crippen molar-refractivity contribution in [3.8, 4) is 17.2 Å². The molecule has 404 valence electrons. The third-order valence-electron chi connectivity index (χ3n) is 16.7. The van der Waals surface area contributed by atoms with E-state index in [1.807, 2.05) is 18.4 Å². The van der Waals surface area contributed by atoms with E-state index in [9.17, 15) is 50.4 Å². The maximum absolute atomic E-state index is 15.7. The number of aliphatic hydroxyl groups excluding tert-OH is 5. The summed E-state index contributed by atoms with van der Waals surface area (Å²) in [4.78, 5) is 61.9. The number of hydrogen-bond acceptors (Lipinski definition) is 20. The number of allylic oxidation sites excluding steroid dienone is 5. The number of guanidine groups is 1. The van der Waals surface area contributed by atoms with E-state index in [4.69, 9.17) is 31.4 Å². The Morgan fingerprint density at radius 3 is 2.39 bits per heavy atom. The van der Waals surface area contributed by atoms with Crippen LogP contribution < -0.4 is 42.6 Å². The maximum Gasteiger partial charge on any atom is 0.253 e. The first-order valence-electron chi connectivity index (χ1n) is 25.1. The molecule has 4 heterocycles. The highest BCUT2D eigenvalue weighted by molar-refractivity contribution is 6.31. The first kappa shape index (κ1) is 52.5. The zero-order valence-electron chi connectivity index (χ0n) is 41.6. The Labute approximate surface area is 435 Å². The van der Waals surface area contributed by atoms with Gasteiger partial charge in [0.25, 0.3) is 11.8 Å². The number of carbonyl (C=O) groups is 4. The molecule has 23 nitrogen and oxygen atoms in total. The molecule has 0 radical (unpaired) electrons. The summed E-state index contributed by atoms with van der Waals surface area (Å²) in [6.45, 7) is -2.69. The minimum Gasteiger partial charge on any atom is -0.507 e. The molecule has 2 amide bonds. The van der Waals surface area contributed by atoms with Crippen molar-refractivity contribution in [3.05, 3.63) is 122 Å². The van der Waals surface area contributed by atoms with Crippen LogP contribution in [0.2, 0.25) is 0 Å². The van der Waals surface area contributed by atoms with Gasteiger partial charge in [0, 0.05) is 90.7 Å². The molecule has 17 N–H and O–H groups in total. The van der Waals surface area contributed by atoms with E-state index in [0.717, 1.165) is 28.7 Å². The molecule has 2 aromatic carbocycles. The summed E-state index contributed by atoms with van der Waals surface area (Å²) < 4.78 is 17.7. The Bertz CT molecular complexity index is 3020. The lowest BCUT2D eigenvalue weighted by Crippen LogP contribution is -2.75. The number of carbonyl (C=O) groups excluding carboxylic acids is 4. The molecule has 0 aromatic heterocycles. The smallest absolute Gasteiger partial charge is 0.253 e. The summed E-state index contributed by atoms with van der Waals surface area (Å²) in [6, 6.07) is 0.344. The van der Waals surface area contributed by atoms with Gasteiger partial charge in [-0.15, -0.1) is 0 Å². The van der Waals surface area contributed by atoms with E-state index >= 15 is 9.59 Å². The lowest BCUT2D eigenvalue weighted by Gasteiger charge is -2.53. The lowest BCUT2D eigenvalue weighted by atomic mass is 9.56. The fourth-order valence-electron chi connectivity index (χ4n) is 13.2. The molecule has 8 aliphatic rings. The van der Waals surface area contributed by atoms with Crippen LogP contribution in [0.15, 0.2) is 82.8 Å². The first-order valence-corrected chi connectivity index (χ1v) is 25.1. The van der Waals surface area contributed by atoms with E-state index < -0.39 is 132 Å². The molecule has 0 bridgehead atoms. The Morgan fingerprint density at radius 2 is 1.75 bits per heavy atom. The van der Waals surface area contributed by atoms with Crippen molar-refractivity contribution in [2.24, 2.45) is 45.4 Å². The number of nitrogens with two attached hydrogens (primary N) is 3. The maximum atomic E-state index is 15.7. The van der Waals surface area contributed by atoms with Crippen LogP contribution in [0.3, 0.4) is 0 Å². The summed E-state index contributed by atoms with van der Waals surface area (Å²) in [5.41, 5.74) is 15.8. The highest BCUT2D eigenvalue weighted by atomic mass is 16.8. The van der Waals surface area contributed by atoms with Gasteiger partial charge in [-0.25, -0.2) is 0 Å². The fraction of sp³-hybridized carbons (Fsp3) is 0.453. The molecule has 1 fully saturated rings. The van der Waals surface area contributed by atoms with Gasteiger partial charge in [-0.2, -0.15) is 0 Å². The molecule has 0 spiro atoms. The number of benzene rings is 2. The van der Waals surface area contributed by atoms with Crippen LogP contribution in [-0.4, -0.2) is 152 Å². The number of phenolic OH excluding ortho intramolecular Hbond substituents is 1. The predicted octanol–water partition coefficient (Wildman–Crippen LogP) is -1.69. The highest BCUT2D eigenvalue weighted by Gasteiger charge is 2.65. The zero-order valence-corrected chi connectivity index (χ0v) is 41.6. The van der Waals surface area contributed by atoms with E-state index in [0.29, 0.717) is 41.5 Å². The number of phenols is 1. The average molecular weight is 1050 g/mol. The lowest BCUT2D eigenvalue weighted by molar-refractivity contribution is -0.420. The second-order valence-corrected chi connectivity index (χ2v) is 20.5. The number of aliphatic imine (C=N–C) groups is 1. The first-order chi connectivity index (χ1) is 36.3. The normalized spacial score (nSPS) is 32.6. The Morgan fingerprint density at radius 1 is 1.01 bits per heavy atom. The predicted molar refractivity (Wildman–Crippen MR) is 268 cm³/mol. The Hall–Kier alpha value is -6.93. The number of ether oxygens (including phenoxy) is 3. The number of aromatic hydroxyl groups is 1. The minimum absolute atomic E-state index is 0.0334. The fourth-order valence-corrected chi connectivity index (χ4v) is 13.2. The van der Waals surface area contributed by atoms with Crippen molar-refractivity contribution < 1.29 is 74.2 Å². The number of fused-ring (bicyclic) bond motifs is 3. The summed E-state index contributed by atoms with van der Waals surface area (Å²) in [7, 11) is 2.71. The van der Waals surface area contributed by atoms with Crippen LogP contribution in [0.5, 0.6) is 17.2 Å². The van der Waals surface area contributed by atoms with Gasteiger partial charge < -0.3 is 88.2 Å². The standard InChI is InChI=1S/C53H62N8O15/c1-57-50(56)60-30-15-24-9-12-51(27-4-6-33(54)59-19-27)26(11-14-62)3-5-28-37(43(24)51)40(30)45(68)42-38(28)44(67)39-29(21-63)31(74-2)17-32(41(39)46(42)69)75-49-47(70)48(71)52(72,53(73,22-64)76-49)18-25(23-10-13-58-34(55)16-23)20-61-35(65)7-8-36(61)66/h4,6-10,12,16-17,19,24-26,30,33,43,47-49,58-59,62-64,68,70-73H,3,5,11,13-15,18,20-22,54-55H2,1-2H3,(H3,56,57,60). The number of methoxy groups -OCH3 is 1. The van der Waals surface area contributed by atoms with Crippen molar-refractivity contribution in [2.45, 2.75) is 86.7 Å². The number of amides is 2. The third kappa shape index (κ3) is 7.94. The van der Waals surface area contributed by atoms with Crippen LogP contribution in [0.1, 0.15) is 91.7 Å². The summed E-state index contributed by atoms with van der Waals surface area (Å²) in [5.74, 6) is -9.44. The molecule has 76 heavy (non-hydrogen) atoms. The van der Waals surface area contributed by atoms with E-state index in [1.165, 1.54) is 20.2 Å².